The van der Waals surface area contributed by atoms with Crippen LogP contribution < -0.4 is 5.32 Å². The van der Waals surface area contributed by atoms with Gasteiger partial charge in [0.05, 0.1) is 28.5 Å². The normalized spacial score (nSPS) is 11.6. The number of benzene rings is 1. The molecule has 4 rings (SSSR count). The molecule has 8 heteroatoms. The van der Waals surface area contributed by atoms with Gasteiger partial charge < -0.3 is 10.4 Å². The van der Waals surface area contributed by atoms with Gasteiger partial charge in [-0.25, -0.2) is 9.50 Å². The van der Waals surface area contributed by atoms with E-state index < -0.39 is 5.60 Å². The predicted molar refractivity (Wildman–Crippen MR) is 115 cm³/mol. The van der Waals surface area contributed by atoms with Gasteiger partial charge in [-0.3, -0.25) is 4.68 Å². The first-order valence-electron chi connectivity index (χ1n) is 9.78. The lowest BCUT2D eigenvalue weighted by Crippen LogP contribution is -2.29. The van der Waals surface area contributed by atoms with Gasteiger partial charge in [-0.05, 0) is 39.0 Å². The quantitative estimate of drug-likeness (QED) is 0.514. The maximum Gasteiger partial charge on any atom is 0.167 e. The van der Waals surface area contributed by atoms with Crippen molar-refractivity contribution in [3.8, 4) is 28.6 Å². The Hall–Kier alpha value is -3.70. The number of fused-ring (bicyclic) bond motifs is 1. The number of aromatic nitrogens is 5. The largest absolute Gasteiger partial charge is 0.389 e. The van der Waals surface area contributed by atoms with Crippen molar-refractivity contribution < 1.29 is 5.11 Å². The maximum atomic E-state index is 10.0. The summed E-state index contributed by atoms with van der Waals surface area (Å²) < 4.78 is 3.59. The highest BCUT2D eigenvalue weighted by Crippen LogP contribution is 2.36. The Balaban J connectivity index is 1.96. The average Bonchev–Trinajstić information content (AvgIpc) is 3.34. The molecular weight excluding hydrogens is 378 g/mol. The second-order valence-electron chi connectivity index (χ2n) is 7.66. The first-order valence-corrected chi connectivity index (χ1v) is 9.78. The Bertz CT molecular complexity index is 1240. The van der Waals surface area contributed by atoms with Gasteiger partial charge in [0.15, 0.2) is 5.65 Å². The number of nitrogens with zero attached hydrogens (tertiary/aromatic N) is 6. The Kier molecular flexibility index (Phi) is 4.98. The van der Waals surface area contributed by atoms with Crippen LogP contribution >= 0.6 is 0 Å². The second kappa shape index (κ2) is 7.61. The highest BCUT2D eigenvalue weighted by Gasteiger charge is 2.22. The van der Waals surface area contributed by atoms with Gasteiger partial charge in [-0.2, -0.15) is 15.5 Å². The van der Waals surface area contributed by atoms with E-state index >= 15 is 0 Å². The molecule has 0 radical (unpaired) electrons. The van der Waals surface area contributed by atoms with E-state index in [0.29, 0.717) is 35.8 Å². The molecule has 0 unspecified atom stereocenters. The van der Waals surface area contributed by atoms with Crippen LogP contribution in [0.5, 0.6) is 0 Å². The smallest absolute Gasteiger partial charge is 0.167 e. The summed E-state index contributed by atoms with van der Waals surface area (Å²) in [7, 11) is 0. The van der Waals surface area contributed by atoms with E-state index in [1.165, 1.54) is 0 Å². The minimum absolute atomic E-state index is 0.358. The molecule has 3 aromatic heterocycles. The third kappa shape index (κ3) is 3.63. The average molecular weight is 401 g/mol. The van der Waals surface area contributed by atoms with Crippen molar-refractivity contribution in [3.05, 3.63) is 54.4 Å². The molecule has 0 spiro atoms. The first-order chi connectivity index (χ1) is 14.4. The van der Waals surface area contributed by atoms with Crippen LogP contribution in [0, 0.1) is 11.3 Å². The van der Waals surface area contributed by atoms with Crippen molar-refractivity contribution in [2.45, 2.75) is 32.9 Å². The van der Waals surface area contributed by atoms with Crippen molar-refractivity contribution in [2.75, 3.05) is 11.9 Å². The number of hydrogen-bond donors (Lipinski definition) is 2. The summed E-state index contributed by atoms with van der Waals surface area (Å²) in [5.74, 6) is 0.633. The monoisotopic (exact) mass is 401 g/mol. The van der Waals surface area contributed by atoms with E-state index in [9.17, 15) is 10.4 Å². The van der Waals surface area contributed by atoms with Crippen molar-refractivity contribution in [1.82, 2.24) is 24.4 Å². The molecular formula is C22H23N7O. The molecule has 0 saturated carbocycles. The van der Waals surface area contributed by atoms with Crippen LogP contribution in [0.2, 0.25) is 0 Å². The summed E-state index contributed by atoms with van der Waals surface area (Å²) in [6.07, 6.45) is 3.57. The summed E-state index contributed by atoms with van der Waals surface area (Å²) in [6.45, 7) is 6.54. The maximum absolute atomic E-state index is 10.0. The number of nitrogens with one attached hydrogen (secondary N) is 1. The Morgan fingerprint density at radius 3 is 2.73 bits per heavy atom. The zero-order valence-corrected chi connectivity index (χ0v) is 17.2. The van der Waals surface area contributed by atoms with Crippen LogP contribution in [0.4, 0.5) is 5.82 Å². The van der Waals surface area contributed by atoms with Gasteiger partial charge in [-0.1, -0.05) is 18.2 Å². The second-order valence-corrected chi connectivity index (χ2v) is 7.66. The van der Waals surface area contributed by atoms with Crippen molar-refractivity contribution >= 4 is 11.5 Å². The van der Waals surface area contributed by atoms with Crippen molar-refractivity contribution in [2.24, 2.45) is 0 Å². The highest BCUT2D eigenvalue weighted by atomic mass is 16.3. The highest BCUT2D eigenvalue weighted by molar-refractivity contribution is 5.91. The van der Waals surface area contributed by atoms with Gasteiger partial charge in [0.1, 0.15) is 11.5 Å². The molecule has 0 bridgehead atoms. The number of aryl methyl sites for hydroxylation is 1. The molecule has 152 valence electrons. The molecule has 0 fully saturated rings. The molecule has 4 aromatic rings. The standard InChI is InChI=1S/C22H23N7O/c1-4-28-17(9-11-25-28)19-20(16-8-6-5-7-15(16)13-23)27-29-12-10-18(26-21(19)29)24-14-22(2,3)30/h5-12,30H,4,14H2,1-3H3,(H,24,26). The Labute approximate surface area is 174 Å². The lowest BCUT2D eigenvalue weighted by atomic mass is 10.0. The molecule has 2 N–H and O–H groups in total. The Morgan fingerprint density at radius 2 is 2.00 bits per heavy atom. The van der Waals surface area contributed by atoms with Crippen LogP contribution in [0.3, 0.4) is 0 Å². The minimum Gasteiger partial charge on any atom is -0.389 e. The number of anilines is 1. The SMILES string of the molecule is CCn1nccc1-c1c(-c2ccccc2C#N)nn2ccc(NCC(C)(C)O)nc12. The van der Waals surface area contributed by atoms with Gasteiger partial charge in [0, 0.05) is 31.0 Å². The molecule has 1 aromatic carbocycles. The first kappa shape index (κ1) is 19.6. The summed E-state index contributed by atoms with van der Waals surface area (Å²) >= 11 is 0. The Morgan fingerprint density at radius 1 is 1.20 bits per heavy atom. The van der Waals surface area contributed by atoms with E-state index in [4.69, 9.17) is 10.1 Å². The van der Waals surface area contributed by atoms with Crippen LogP contribution in [-0.4, -0.2) is 41.6 Å². The van der Waals surface area contributed by atoms with E-state index in [1.807, 2.05) is 48.1 Å². The third-order valence-corrected chi connectivity index (χ3v) is 4.76. The molecule has 0 atom stereocenters. The van der Waals surface area contributed by atoms with Crippen LogP contribution in [0.1, 0.15) is 26.3 Å². The zero-order valence-electron chi connectivity index (χ0n) is 17.2. The van der Waals surface area contributed by atoms with Crippen molar-refractivity contribution in [1.29, 1.82) is 5.26 Å². The molecule has 0 aliphatic rings. The van der Waals surface area contributed by atoms with Gasteiger partial charge >= 0.3 is 0 Å². The molecule has 0 aliphatic carbocycles. The predicted octanol–water partition coefficient (Wildman–Crippen LogP) is 3.33. The topological polar surface area (TPSA) is 104 Å². The molecule has 0 amide bonds. The van der Waals surface area contributed by atoms with Crippen molar-refractivity contribution in [3.63, 3.8) is 0 Å². The van der Waals surface area contributed by atoms with Crippen LogP contribution in [-0.2, 0) is 6.54 Å². The molecule has 0 aliphatic heterocycles. The number of aliphatic hydroxyl groups is 1. The fourth-order valence-electron chi connectivity index (χ4n) is 3.34. The van der Waals surface area contributed by atoms with Gasteiger partial charge in [0.2, 0.25) is 0 Å². The van der Waals surface area contributed by atoms with E-state index in [1.54, 1.807) is 30.6 Å². The summed E-state index contributed by atoms with van der Waals surface area (Å²) in [6, 6.07) is 13.4. The van der Waals surface area contributed by atoms with E-state index in [-0.39, 0.29) is 0 Å². The number of rotatable bonds is 6. The summed E-state index contributed by atoms with van der Waals surface area (Å²) in [4.78, 5) is 4.77. The lowest BCUT2D eigenvalue weighted by molar-refractivity contribution is 0.0944. The fraction of sp³-hybridized carbons (Fsp3) is 0.273. The van der Waals surface area contributed by atoms with Crippen LogP contribution in [0.15, 0.2) is 48.8 Å². The van der Waals surface area contributed by atoms with Gasteiger partial charge in [0.25, 0.3) is 0 Å². The molecule has 0 saturated heterocycles. The van der Waals surface area contributed by atoms with E-state index in [2.05, 4.69) is 16.5 Å². The summed E-state index contributed by atoms with van der Waals surface area (Å²) in [5, 5.41) is 32.0. The lowest BCUT2D eigenvalue weighted by Gasteiger charge is -2.18. The fourth-order valence-corrected chi connectivity index (χ4v) is 3.34. The molecule has 30 heavy (non-hydrogen) atoms. The zero-order chi connectivity index (χ0) is 21.3. The summed E-state index contributed by atoms with van der Waals surface area (Å²) in [5.41, 5.74) is 3.43. The number of nitriles is 1. The van der Waals surface area contributed by atoms with E-state index in [0.717, 1.165) is 16.8 Å². The minimum atomic E-state index is -0.866. The molecule has 3 heterocycles. The van der Waals surface area contributed by atoms with Crippen LogP contribution in [0.25, 0.3) is 28.2 Å². The third-order valence-electron chi connectivity index (χ3n) is 4.76. The number of hydrogen-bond acceptors (Lipinski definition) is 6. The molecule has 8 nitrogen and oxygen atoms in total. The van der Waals surface area contributed by atoms with Gasteiger partial charge in [-0.15, -0.1) is 0 Å².